The van der Waals surface area contributed by atoms with Crippen LogP contribution in [0.5, 0.6) is 0 Å². The number of ether oxygens (including phenoxy) is 1. The molecular weight excluding hydrogens is 404 g/mol. The summed E-state index contributed by atoms with van der Waals surface area (Å²) < 4.78 is 11.0. The minimum atomic E-state index is -0.313. The molecule has 0 aliphatic heterocycles. The number of esters is 1. The lowest BCUT2D eigenvalue weighted by molar-refractivity contribution is 0.0597. The number of carbonyl (C=O) groups excluding carboxylic acids is 1. The van der Waals surface area contributed by atoms with Gasteiger partial charge in [-0.15, -0.1) is 11.8 Å². The number of rotatable bonds is 4. The first kappa shape index (κ1) is 19.7. The number of hydrogen-bond donors (Lipinski definition) is 0. The molecule has 1 aliphatic rings. The number of hydrogen-bond acceptors (Lipinski definition) is 4. The fourth-order valence-electron chi connectivity index (χ4n) is 4.63. The second-order valence-corrected chi connectivity index (χ2v) is 8.31. The molecule has 0 amide bonds. The van der Waals surface area contributed by atoms with Crippen LogP contribution in [0.1, 0.15) is 21.7 Å². The standard InChI is InChI=1S/C27H22O3S/c1-29-27(28)25-24-19-15-16-30-21(19)14-13-20(24)22(17-9-5-3-6-10-17)23(26(25)31-2)18-11-7-4-8-12-18/h3-12,15-16H,13-14H2,1-2H3. The van der Waals surface area contributed by atoms with E-state index in [1.807, 2.05) is 36.6 Å². The van der Waals surface area contributed by atoms with Crippen molar-refractivity contribution in [2.24, 2.45) is 0 Å². The molecule has 154 valence electrons. The summed E-state index contributed by atoms with van der Waals surface area (Å²) in [7, 11) is 1.45. The molecule has 0 unspecified atom stereocenters. The first-order chi connectivity index (χ1) is 15.2. The molecule has 4 heteroatoms. The number of benzene rings is 3. The van der Waals surface area contributed by atoms with Gasteiger partial charge in [-0.3, -0.25) is 0 Å². The second kappa shape index (κ2) is 8.12. The van der Waals surface area contributed by atoms with E-state index < -0.39 is 0 Å². The van der Waals surface area contributed by atoms with Crippen LogP contribution in [0, 0.1) is 0 Å². The van der Waals surface area contributed by atoms with E-state index >= 15 is 0 Å². The van der Waals surface area contributed by atoms with Gasteiger partial charge in [0.15, 0.2) is 0 Å². The summed E-state index contributed by atoms with van der Waals surface area (Å²) in [5.74, 6) is 0.614. The van der Waals surface area contributed by atoms with Gasteiger partial charge in [-0.1, -0.05) is 60.7 Å². The van der Waals surface area contributed by atoms with Crippen LogP contribution >= 0.6 is 11.8 Å². The Hall–Kier alpha value is -3.24. The summed E-state index contributed by atoms with van der Waals surface area (Å²) in [6.45, 7) is 0. The van der Waals surface area contributed by atoms with Crippen molar-refractivity contribution in [1.29, 1.82) is 0 Å². The Bertz CT molecular complexity index is 1260. The van der Waals surface area contributed by atoms with E-state index in [0.717, 1.165) is 51.3 Å². The molecule has 1 heterocycles. The van der Waals surface area contributed by atoms with Crippen LogP contribution in [0.4, 0.5) is 0 Å². The molecule has 0 atom stereocenters. The third kappa shape index (κ3) is 3.19. The summed E-state index contributed by atoms with van der Waals surface area (Å²) in [6.07, 6.45) is 5.35. The molecule has 3 aromatic carbocycles. The van der Waals surface area contributed by atoms with E-state index in [2.05, 4.69) is 36.4 Å². The van der Waals surface area contributed by atoms with Crippen LogP contribution in [0.15, 0.2) is 82.3 Å². The number of fused-ring (bicyclic) bond motifs is 3. The molecule has 1 aromatic heterocycles. The first-order valence-corrected chi connectivity index (χ1v) is 11.5. The van der Waals surface area contributed by atoms with Gasteiger partial charge in [-0.25, -0.2) is 4.79 Å². The molecule has 0 saturated heterocycles. The average molecular weight is 427 g/mol. The predicted molar refractivity (Wildman–Crippen MR) is 126 cm³/mol. The zero-order valence-electron chi connectivity index (χ0n) is 17.5. The van der Waals surface area contributed by atoms with Gasteiger partial charge in [0.25, 0.3) is 0 Å². The highest BCUT2D eigenvalue weighted by atomic mass is 32.2. The molecule has 0 bridgehead atoms. The van der Waals surface area contributed by atoms with Gasteiger partial charge in [-0.2, -0.15) is 0 Å². The number of thioether (sulfide) groups is 1. The Labute approximate surface area is 186 Å². The molecule has 0 saturated carbocycles. The summed E-state index contributed by atoms with van der Waals surface area (Å²) in [5, 5.41) is 0. The maximum atomic E-state index is 13.2. The lowest BCUT2D eigenvalue weighted by atomic mass is 9.78. The van der Waals surface area contributed by atoms with E-state index in [9.17, 15) is 4.79 Å². The van der Waals surface area contributed by atoms with E-state index in [1.165, 1.54) is 18.2 Å². The van der Waals surface area contributed by atoms with Gasteiger partial charge < -0.3 is 9.15 Å². The quantitative estimate of drug-likeness (QED) is 0.263. The smallest absolute Gasteiger partial charge is 0.339 e. The van der Waals surface area contributed by atoms with E-state index in [1.54, 1.807) is 18.0 Å². The lowest BCUT2D eigenvalue weighted by Gasteiger charge is -2.28. The third-order valence-corrected chi connectivity index (χ3v) is 6.71. The molecule has 0 fully saturated rings. The molecule has 0 spiro atoms. The Morgan fingerprint density at radius 2 is 1.52 bits per heavy atom. The zero-order chi connectivity index (χ0) is 21.4. The van der Waals surface area contributed by atoms with Gasteiger partial charge in [0.1, 0.15) is 5.76 Å². The number of methoxy groups -OCH3 is 1. The fraction of sp³-hybridized carbons (Fsp3) is 0.148. The Kier molecular flexibility index (Phi) is 5.16. The molecule has 3 nitrogen and oxygen atoms in total. The normalized spacial score (nSPS) is 12.2. The van der Waals surface area contributed by atoms with Crippen LogP contribution in [-0.4, -0.2) is 19.3 Å². The van der Waals surface area contributed by atoms with Gasteiger partial charge in [-0.05, 0) is 41.0 Å². The zero-order valence-corrected chi connectivity index (χ0v) is 18.3. The largest absolute Gasteiger partial charge is 0.469 e. The monoisotopic (exact) mass is 426 g/mol. The number of carbonyl (C=O) groups is 1. The van der Waals surface area contributed by atoms with Crippen molar-refractivity contribution in [1.82, 2.24) is 0 Å². The van der Waals surface area contributed by atoms with Crippen molar-refractivity contribution < 1.29 is 13.9 Å². The van der Waals surface area contributed by atoms with Crippen molar-refractivity contribution in [2.75, 3.05) is 13.4 Å². The van der Waals surface area contributed by atoms with E-state index in [4.69, 9.17) is 9.15 Å². The maximum Gasteiger partial charge on any atom is 0.339 e. The summed E-state index contributed by atoms with van der Waals surface area (Å²) >= 11 is 1.59. The molecule has 4 aromatic rings. The molecule has 31 heavy (non-hydrogen) atoms. The van der Waals surface area contributed by atoms with Crippen LogP contribution in [0.25, 0.3) is 33.4 Å². The highest BCUT2D eigenvalue weighted by Crippen LogP contribution is 2.51. The van der Waals surface area contributed by atoms with Crippen LogP contribution in [0.3, 0.4) is 0 Å². The number of aryl methyl sites for hydroxylation is 1. The molecule has 1 aliphatic carbocycles. The SMILES string of the molecule is COC(=O)c1c(SC)c(-c2ccccc2)c(-c2ccccc2)c2c1-c1ccoc1CC2. The first-order valence-electron chi connectivity index (χ1n) is 10.3. The second-order valence-electron chi connectivity index (χ2n) is 7.49. The van der Waals surface area contributed by atoms with E-state index in [0.29, 0.717) is 5.56 Å². The van der Waals surface area contributed by atoms with Crippen molar-refractivity contribution >= 4 is 17.7 Å². The van der Waals surface area contributed by atoms with Crippen LogP contribution in [0.2, 0.25) is 0 Å². The van der Waals surface area contributed by atoms with Crippen molar-refractivity contribution in [3.05, 3.63) is 89.9 Å². The van der Waals surface area contributed by atoms with Gasteiger partial charge in [0, 0.05) is 28.0 Å². The summed E-state index contributed by atoms with van der Waals surface area (Å²) in [6, 6.07) is 22.8. The van der Waals surface area contributed by atoms with Gasteiger partial charge in [0.2, 0.25) is 0 Å². The molecule has 5 rings (SSSR count). The van der Waals surface area contributed by atoms with Crippen molar-refractivity contribution in [3.8, 4) is 33.4 Å². The Balaban J connectivity index is 1.99. The van der Waals surface area contributed by atoms with E-state index in [-0.39, 0.29) is 5.97 Å². The Morgan fingerprint density at radius 1 is 0.871 bits per heavy atom. The van der Waals surface area contributed by atoms with Gasteiger partial charge in [0.05, 0.1) is 18.9 Å². The Morgan fingerprint density at radius 3 is 2.13 bits per heavy atom. The maximum absolute atomic E-state index is 13.2. The molecule has 0 radical (unpaired) electrons. The minimum Gasteiger partial charge on any atom is -0.469 e. The molecule has 0 N–H and O–H groups in total. The topological polar surface area (TPSA) is 39.4 Å². The summed E-state index contributed by atoms with van der Waals surface area (Å²) in [5.41, 5.74) is 8.27. The predicted octanol–water partition coefficient (Wildman–Crippen LogP) is 6.89. The van der Waals surface area contributed by atoms with Gasteiger partial charge >= 0.3 is 5.97 Å². The van der Waals surface area contributed by atoms with Crippen molar-refractivity contribution in [3.63, 3.8) is 0 Å². The third-order valence-electron chi connectivity index (χ3n) is 5.89. The van der Waals surface area contributed by atoms with Crippen molar-refractivity contribution in [2.45, 2.75) is 17.7 Å². The lowest BCUT2D eigenvalue weighted by Crippen LogP contribution is -2.14. The fourth-order valence-corrected chi connectivity index (χ4v) is 5.44. The highest BCUT2D eigenvalue weighted by molar-refractivity contribution is 7.98. The minimum absolute atomic E-state index is 0.313. The number of furan rings is 1. The summed E-state index contributed by atoms with van der Waals surface area (Å²) in [4.78, 5) is 14.1. The molecular formula is C27H22O3S. The average Bonchev–Trinajstić information content (AvgIpc) is 3.32. The van der Waals surface area contributed by atoms with Crippen LogP contribution in [-0.2, 0) is 17.6 Å². The van der Waals surface area contributed by atoms with Crippen LogP contribution < -0.4 is 0 Å². The highest BCUT2D eigenvalue weighted by Gasteiger charge is 2.33.